The fraction of sp³-hybridized carbons (Fsp3) is 0.190. The van der Waals surface area contributed by atoms with E-state index in [0.717, 1.165) is 16.3 Å². The average Bonchev–Trinajstić information content (AvgIpc) is 3.09. The van der Waals surface area contributed by atoms with Crippen LogP contribution >= 0.6 is 11.3 Å². The monoisotopic (exact) mass is 364 g/mol. The molecule has 2 aromatic carbocycles. The molecule has 0 saturated heterocycles. The Hall–Kier alpha value is -2.79. The standard InChI is InChI=1S/C21H20N2O2S/c1-14-5-3-4-6-19(14)21-23-18(13-26-21)11-12-20(25)22-17-9-7-16(8-10-17)15(2)24/h3-10,13H,11-12H2,1-2H3,(H,22,25). The van der Waals surface area contributed by atoms with Crippen LogP contribution in [0.4, 0.5) is 5.69 Å². The van der Waals surface area contributed by atoms with E-state index >= 15 is 0 Å². The Morgan fingerprint density at radius 1 is 1.08 bits per heavy atom. The van der Waals surface area contributed by atoms with Crippen molar-refractivity contribution in [2.24, 2.45) is 0 Å². The molecule has 0 atom stereocenters. The predicted molar refractivity (Wildman–Crippen MR) is 106 cm³/mol. The number of carbonyl (C=O) groups excluding carboxylic acids is 2. The zero-order valence-electron chi connectivity index (χ0n) is 14.8. The molecule has 1 aromatic heterocycles. The van der Waals surface area contributed by atoms with Gasteiger partial charge in [-0.05, 0) is 50.1 Å². The summed E-state index contributed by atoms with van der Waals surface area (Å²) in [5.74, 6) is -0.0538. The summed E-state index contributed by atoms with van der Waals surface area (Å²) in [6.07, 6.45) is 0.963. The third-order valence-electron chi connectivity index (χ3n) is 4.11. The van der Waals surface area contributed by atoms with Crippen LogP contribution in [0.25, 0.3) is 10.6 Å². The number of ketones is 1. The summed E-state index contributed by atoms with van der Waals surface area (Å²) in [5.41, 5.74) is 4.59. The van der Waals surface area contributed by atoms with E-state index < -0.39 is 0 Å². The van der Waals surface area contributed by atoms with Crippen LogP contribution in [0.3, 0.4) is 0 Å². The fourth-order valence-electron chi connectivity index (χ4n) is 2.61. The molecule has 1 amide bonds. The maximum absolute atomic E-state index is 12.1. The van der Waals surface area contributed by atoms with Crippen molar-refractivity contribution in [1.29, 1.82) is 0 Å². The Bertz CT molecular complexity index is 929. The van der Waals surface area contributed by atoms with Crippen LogP contribution in [-0.2, 0) is 11.2 Å². The van der Waals surface area contributed by atoms with Crippen molar-refractivity contribution in [1.82, 2.24) is 4.98 Å². The van der Waals surface area contributed by atoms with Gasteiger partial charge < -0.3 is 5.32 Å². The Kier molecular flexibility index (Phi) is 5.58. The summed E-state index contributed by atoms with van der Waals surface area (Å²) < 4.78 is 0. The third-order valence-corrected chi connectivity index (χ3v) is 5.03. The average molecular weight is 364 g/mol. The van der Waals surface area contributed by atoms with Gasteiger partial charge >= 0.3 is 0 Å². The molecule has 132 valence electrons. The number of amides is 1. The maximum atomic E-state index is 12.1. The first-order valence-corrected chi connectivity index (χ1v) is 9.32. The molecule has 0 bridgehead atoms. The summed E-state index contributed by atoms with van der Waals surface area (Å²) >= 11 is 1.60. The molecule has 3 rings (SSSR count). The molecule has 5 heteroatoms. The highest BCUT2D eigenvalue weighted by Crippen LogP contribution is 2.27. The lowest BCUT2D eigenvalue weighted by molar-refractivity contribution is -0.116. The van der Waals surface area contributed by atoms with Crippen LogP contribution in [0.1, 0.15) is 35.0 Å². The quantitative estimate of drug-likeness (QED) is 0.633. The molecule has 0 spiro atoms. The first kappa shape index (κ1) is 18.0. The van der Waals surface area contributed by atoms with Crippen LogP contribution in [0, 0.1) is 6.92 Å². The molecule has 26 heavy (non-hydrogen) atoms. The van der Waals surface area contributed by atoms with E-state index in [-0.39, 0.29) is 11.7 Å². The van der Waals surface area contributed by atoms with Gasteiger partial charge in [-0.25, -0.2) is 4.98 Å². The number of thiazole rings is 1. The number of rotatable bonds is 6. The first-order valence-electron chi connectivity index (χ1n) is 8.44. The van der Waals surface area contributed by atoms with Gasteiger partial charge in [0.2, 0.25) is 5.91 Å². The lowest BCUT2D eigenvalue weighted by Gasteiger charge is -2.05. The second kappa shape index (κ2) is 8.06. The van der Waals surface area contributed by atoms with Gasteiger partial charge in [0.15, 0.2) is 5.78 Å². The van der Waals surface area contributed by atoms with Crippen molar-refractivity contribution in [3.05, 3.63) is 70.7 Å². The zero-order chi connectivity index (χ0) is 18.5. The van der Waals surface area contributed by atoms with Gasteiger partial charge in [0, 0.05) is 28.6 Å². The second-order valence-electron chi connectivity index (χ2n) is 6.14. The van der Waals surface area contributed by atoms with Gasteiger partial charge in [0.1, 0.15) is 5.01 Å². The third kappa shape index (κ3) is 4.43. The highest BCUT2D eigenvalue weighted by molar-refractivity contribution is 7.13. The predicted octanol–water partition coefficient (Wildman–Crippen LogP) is 4.89. The lowest BCUT2D eigenvalue weighted by Crippen LogP contribution is -2.12. The zero-order valence-corrected chi connectivity index (χ0v) is 15.6. The Labute approximate surface area is 156 Å². The molecule has 0 aliphatic heterocycles. The highest BCUT2D eigenvalue weighted by atomic mass is 32.1. The SMILES string of the molecule is CC(=O)c1ccc(NC(=O)CCc2csc(-c3ccccc3C)n2)cc1. The Morgan fingerprint density at radius 2 is 1.81 bits per heavy atom. The normalized spacial score (nSPS) is 10.5. The molecule has 3 aromatic rings. The molecule has 0 saturated carbocycles. The van der Waals surface area contributed by atoms with Crippen molar-refractivity contribution in [2.45, 2.75) is 26.7 Å². The van der Waals surface area contributed by atoms with E-state index in [4.69, 9.17) is 0 Å². The number of nitrogens with one attached hydrogen (secondary N) is 1. The van der Waals surface area contributed by atoms with E-state index in [1.165, 1.54) is 12.5 Å². The summed E-state index contributed by atoms with van der Waals surface area (Å²) in [5, 5.41) is 5.85. The second-order valence-corrected chi connectivity index (χ2v) is 7.00. The van der Waals surface area contributed by atoms with Crippen LogP contribution in [0.2, 0.25) is 0 Å². The molecule has 1 heterocycles. The van der Waals surface area contributed by atoms with Crippen molar-refractivity contribution >= 4 is 28.7 Å². The van der Waals surface area contributed by atoms with Gasteiger partial charge in [-0.3, -0.25) is 9.59 Å². The molecule has 0 aliphatic rings. The molecule has 0 aliphatic carbocycles. The van der Waals surface area contributed by atoms with E-state index in [2.05, 4.69) is 29.4 Å². The van der Waals surface area contributed by atoms with Gasteiger partial charge in [-0.15, -0.1) is 11.3 Å². The molecule has 0 fully saturated rings. The van der Waals surface area contributed by atoms with Crippen molar-refractivity contribution in [3.63, 3.8) is 0 Å². The largest absolute Gasteiger partial charge is 0.326 e. The van der Waals surface area contributed by atoms with Gasteiger partial charge in [0.05, 0.1) is 5.69 Å². The molecule has 1 N–H and O–H groups in total. The van der Waals surface area contributed by atoms with E-state index in [1.54, 1.807) is 35.6 Å². The van der Waals surface area contributed by atoms with Crippen molar-refractivity contribution in [2.75, 3.05) is 5.32 Å². The summed E-state index contributed by atoms with van der Waals surface area (Å²) in [6, 6.07) is 15.1. The van der Waals surface area contributed by atoms with E-state index in [9.17, 15) is 9.59 Å². The number of nitrogens with zero attached hydrogens (tertiary/aromatic N) is 1. The Morgan fingerprint density at radius 3 is 2.50 bits per heavy atom. The number of hydrogen-bond acceptors (Lipinski definition) is 4. The van der Waals surface area contributed by atoms with Gasteiger partial charge in [-0.1, -0.05) is 24.3 Å². The van der Waals surface area contributed by atoms with E-state index in [1.807, 2.05) is 17.5 Å². The number of Topliss-reactive ketones (excluding diaryl/α,β-unsaturated/α-hetero) is 1. The topological polar surface area (TPSA) is 59.1 Å². The van der Waals surface area contributed by atoms with Gasteiger partial charge in [0.25, 0.3) is 0 Å². The summed E-state index contributed by atoms with van der Waals surface area (Å²) in [4.78, 5) is 28.1. The Balaban J connectivity index is 1.56. The number of hydrogen-bond donors (Lipinski definition) is 1. The minimum atomic E-state index is -0.0639. The number of anilines is 1. The maximum Gasteiger partial charge on any atom is 0.224 e. The lowest BCUT2D eigenvalue weighted by atomic mass is 10.1. The molecule has 0 radical (unpaired) electrons. The van der Waals surface area contributed by atoms with Crippen molar-refractivity contribution < 1.29 is 9.59 Å². The first-order chi connectivity index (χ1) is 12.5. The van der Waals surface area contributed by atoms with Gasteiger partial charge in [-0.2, -0.15) is 0 Å². The highest BCUT2D eigenvalue weighted by Gasteiger charge is 2.09. The minimum absolute atomic E-state index is 0.0101. The molecular weight excluding hydrogens is 344 g/mol. The molecular formula is C21H20N2O2S. The number of aromatic nitrogens is 1. The van der Waals surface area contributed by atoms with Crippen LogP contribution in [0.5, 0.6) is 0 Å². The van der Waals surface area contributed by atoms with Crippen LogP contribution in [0.15, 0.2) is 53.9 Å². The number of benzene rings is 2. The number of carbonyl (C=O) groups is 2. The van der Waals surface area contributed by atoms with Crippen LogP contribution in [-0.4, -0.2) is 16.7 Å². The molecule has 0 unspecified atom stereocenters. The summed E-state index contributed by atoms with van der Waals surface area (Å²) in [6.45, 7) is 3.59. The fourth-order valence-corrected chi connectivity index (χ4v) is 3.56. The minimum Gasteiger partial charge on any atom is -0.326 e. The van der Waals surface area contributed by atoms with E-state index in [0.29, 0.717) is 24.1 Å². The molecule has 4 nitrogen and oxygen atoms in total. The van der Waals surface area contributed by atoms with Crippen molar-refractivity contribution in [3.8, 4) is 10.6 Å². The van der Waals surface area contributed by atoms with Crippen LogP contribution < -0.4 is 5.32 Å². The number of aryl methyl sites for hydroxylation is 2. The summed E-state index contributed by atoms with van der Waals surface area (Å²) in [7, 11) is 0. The smallest absolute Gasteiger partial charge is 0.224 e.